The fourth-order valence-electron chi connectivity index (χ4n) is 1.07. The van der Waals surface area contributed by atoms with E-state index in [1.54, 1.807) is 7.11 Å². The van der Waals surface area contributed by atoms with Crippen LogP contribution >= 0.6 is 0 Å². The topological polar surface area (TPSA) is 64.4 Å². The van der Waals surface area contributed by atoms with E-state index in [1.165, 1.54) is 0 Å². The number of nitrogens with two attached hydrogens (primary N) is 1. The minimum Gasteiger partial charge on any atom is -0.385 e. The molecule has 86 valence electrons. The van der Waals surface area contributed by atoms with E-state index in [-0.39, 0.29) is 5.91 Å². The number of methoxy groups -OCH3 is 1. The van der Waals surface area contributed by atoms with Crippen LogP contribution in [0.25, 0.3) is 0 Å². The average molecular weight is 212 g/mol. The first-order chi connectivity index (χ1) is 7.22. The predicted molar refractivity (Wildman–Crippen MR) is 60.2 cm³/mol. The number of nitrogens with one attached hydrogen (secondary N) is 1. The zero-order valence-electron chi connectivity index (χ0n) is 9.29. The first kappa shape index (κ1) is 13.9. The molecular formula is C11H20N2O2. The Hall–Kier alpha value is -1.05. The minimum atomic E-state index is -0.474. The fraction of sp³-hybridized carbons (Fsp3) is 0.727. The molecule has 0 saturated heterocycles. The number of amides is 1. The quantitative estimate of drug-likeness (QED) is 0.448. The maximum absolute atomic E-state index is 11.3. The van der Waals surface area contributed by atoms with Crippen LogP contribution in [0.1, 0.15) is 25.7 Å². The van der Waals surface area contributed by atoms with E-state index < -0.39 is 6.04 Å². The lowest BCUT2D eigenvalue weighted by Gasteiger charge is -2.11. The highest BCUT2D eigenvalue weighted by Crippen LogP contribution is 1.93. The highest BCUT2D eigenvalue weighted by Gasteiger charge is 2.11. The van der Waals surface area contributed by atoms with E-state index in [0.29, 0.717) is 19.6 Å². The number of carbonyl (C=O) groups is 1. The Balaban J connectivity index is 3.43. The smallest absolute Gasteiger partial charge is 0.237 e. The number of carbonyl (C=O) groups excluding carboxylic acids is 1. The molecule has 0 bridgehead atoms. The molecule has 3 N–H and O–H groups in total. The summed E-state index contributed by atoms with van der Waals surface area (Å²) in [5.74, 6) is 2.43. The number of terminal acetylenes is 1. The molecule has 0 aromatic carbocycles. The number of ether oxygens (including phenoxy) is 1. The first-order valence-electron chi connectivity index (χ1n) is 5.18. The van der Waals surface area contributed by atoms with Gasteiger partial charge in [-0.25, -0.2) is 0 Å². The zero-order valence-corrected chi connectivity index (χ0v) is 9.29. The Morgan fingerprint density at radius 1 is 1.60 bits per heavy atom. The minimum absolute atomic E-state index is 0.118. The van der Waals surface area contributed by atoms with E-state index in [0.717, 1.165) is 19.3 Å². The van der Waals surface area contributed by atoms with E-state index in [9.17, 15) is 4.79 Å². The van der Waals surface area contributed by atoms with Crippen LogP contribution in [0.15, 0.2) is 0 Å². The molecule has 1 unspecified atom stereocenters. The van der Waals surface area contributed by atoms with Crippen LogP contribution in [0.2, 0.25) is 0 Å². The summed E-state index contributed by atoms with van der Waals surface area (Å²) in [6.45, 7) is 1.15. The van der Waals surface area contributed by atoms with Crippen molar-refractivity contribution in [1.82, 2.24) is 5.32 Å². The molecule has 0 aromatic rings. The largest absolute Gasteiger partial charge is 0.385 e. The van der Waals surface area contributed by atoms with Crippen molar-refractivity contribution in [2.45, 2.75) is 31.7 Å². The molecule has 1 amide bonds. The van der Waals surface area contributed by atoms with Crippen LogP contribution in [-0.4, -0.2) is 32.2 Å². The van der Waals surface area contributed by atoms with Crippen LogP contribution in [-0.2, 0) is 9.53 Å². The number of hydrogen-bond donors (Lipinski definition) is 2. The maximum Gasteiger partial charge on any atom is 0.237 e. The standard InChI is InChI=1S/C11H20N2O2/c1-3-4-5-6-8-13-11(14)10(12)7-9-15-2/h1,10H,4-9,12H2,2H3,(H,13,14). The molecule has 4 nitrogen and oxygen atoms in total. The molecule has 0 fully saturated rings. The second-order valence-corrected chi connectivity index (χ2v) is 3.34. The Kier molecular flexibility index (Phi) is 8.84. The second kappa shape index (κ2) is 9.50. The van der Waals surface area contributed by atoms with E-state index in [4.69, 9.17) is 16.9 Å². The van der Waals surface area contributed by atoms with Crippen molar-refractivity contribution in [3.8, 4) is 12.3 Å². The Labute approximate surface area is 91.6 Å². The third-order valence-corrected chi connectivity index (χ3v) is 2.02. The second-order valence-electron chi connectivity index (χ2n) is 3.34. The van der Waals surface area contributed by atoms with Gasteiger partial charge in [-0.3, -0.25) is 4.79 Å². The SMILES string of the molecule is C#CCCCCNC(=O)C(N)CCOC. The van der Waals surface area contributed by atoms with Gasteiger partial charge in [0.1, 0.15) is 0 Å². The Morgan fingerprint density at radius 3 is 2.93 bits per heavy atom. The lowest BCUT2D eigenvalue weighted by molar-refractivity contribution is -0.122. The van der Waals surface area contributed by atoms with Gasteiger partial charge in [0, 0.05) is 26.7 Å². The van der Waals surface area contributed by atoms with E-state index >= 15 is 0 Å². The molecule has 1 atom stereocenters. The van der Waals surface area contributed by atoms with Gasteiger partial charge >= 0.3 is 0 Å². The van der Waals surface area contributed by atoms with Gasteiger partial charge in [-0.15, -0.1) is 12.3 Å². The fourth-order valence-corrected chi connectivity index (χ4v) is 1.07. The third-order valence-electron chi connectivity index (χ3n) is 2.02. The summed E-state index contributed by atoms with van der Waals surface area (Å²) in [7, 11) is 1.59. The summed E-state index contributed by atoms with van der Waals surface area (Å²) in [6, 6.07) is -0.474. The number of rotatable bonds is 8. The Morgan fingerprint density at radius 2 is 2.33 bits per heavy atom. The highest BCUT2D eigenvalue weighted by atomic mass is 16.5. The number of hydrogen-bond acceptors (Lipinski definition) is 3. The van der Waals surface area contributed by atoms with Crippen molar-refractivity contribution in [2.75, 3.05) is 20.3 Å². The molecule has 0 spiro atoms. The molecule has 0 saturated carbocycles. The summed E-state index contributed by atoms with van der Waals surface area (Å²) in [6.07, 6.45) is 8.24. The molecule has 0 rings (SSSR count). The number of unbranched alkanes of at least 4 members (excludes halogenated alkanes) is 2. The zero-order chi connectivity index (χ0) is 11.5. The van der Waals surface area contributed by atoms with Crippen molar-refractivity contribution in [3.05, 3.63) is 0 Å². The normalized spacial score (nSPS) is 11.8. The highest BCUT2D eigenvalue weighted by molar-refractivity contribution is 5.81. The van der Waals surface area contributed by atoms with Crippen LogP contribution in [0.3, 0.4) is 0 Å². The van der Waals surface area contributed by atoms with Crippen molar-refractivity contribution < 1.29 is 9.53 Å². The average Bonchev–Trinajstić information content (AvgIpc) is 2.25. The van der Waals surface area contributed by atoms with Gasteiger partial charge < -0.3 is 15.8 Å². The van der Waals surface area contributed by atoms with Gasteiger partial charge in [-0.05, 0) is 19.3 Å². The van der Waals surface area contributed by atoms with Gasteiger partial charge in [0.2, 0.25) is 5.91 Å². The maximum atomic E-state index is 11.3. The molecule has 4 heteroatoms. The van der Waals surface area contributed by atoms with Gasteiger partial charge in [-0.2, -0.15) is 0 Å². The van der Waals surface area contributed by atoms with Crippen molar-refractivity contribution in [3.63, 3.8) is 0 Å². The predicted octanol–water partition coefficient (Wildman–Crippen LogP) is 0.270. The van der Waals surface area contributed by atoms with Gasteiger partial charge in [-0.1, -0.05) is 0 Å². The molecule has 0 aliphatic carbocycles. The van der Waals surface area contributed by atoms with Crippen LogP contribution in [0.4, 0.5) is 0 Å². The third kappa shape index (κ3) is 7.98. The molecular weight excluding hydrogens is 192 g/mol. The summed E-state index contributed by atoms with van der Waals surface area (Å²) < 4.78 is 4.84. The van der Waals surface area contributed by atoms with Crippen LogP contribution in [0, 0.1) is 12.3 Å². The van der Waals surface area contributed by atoms with Crippen molar-refractivity contribution in [1.29, 1.82) is 0 Å². The van der Waals surface area contributed by atoms with E-state index in [2.05, 4.69) is 11.2 Å². The summed E-state index contributed by atoms with van der Waals surface area (Å²) in [4.78, 5) is 11.3. The summed E-state index contributed by atoms with van der Waals surface area (Å²) in [5.41, 5.74) is 5.62. The molecule has 0 radical (unpaired) electrons. The van der Waals surface area contributed by atoms with Crippen molar-refractivity contribution >= 4 is 5.91 Å². The monoisotopic (exact) mass is 212 g/mol. The Bertz CT molecular complexity index is 211. The summed E-state index contributed by atoms with van der Waals surface area (Å²) in [5, 5.41) is 2.76. The molecule has 15 heavy (non-hydrogen) atoms. The van der Waals surface area contributed by atoms with Crippen molar-refractivity contribution in [2.24, 2.45) is 5.73 Å². The molecule has 0 aliphatic heterocycles. The lowest BCUT2D eigenvalue weighted by Crippen LogP contribution is -2.41. The van der Waals surface area contributed by atoms with Gasteiger partial charge in [0.15, 0.2) is 0 Å². The van der Waals surface area contributed by atoms with Crippen LogP contribution in [0.5, 0.6) is 0 Å². The molecule has 0 aliphatic rings. The lowest BCUT2D eigenvalue weighted by atomic mass is 10.2. The van der Waals surface area contributed by atoms with E-state index in [1.807, 2.05) is 0 Å². The molecule has 0 heterocycles. The summed E-state index contributed by atoms with van der Waals surface area (Å²) >= 11 is 0. The first-order valence-corrected chi connectivity index (χ1v) is 5.18. The molecule has 0 aromatic heterocycles. The van der Waals surface area contributed by atoms with Gasteiger partial charge in [0.25, 0.3) is 0 Å². The van der Waals surface area contributed by atoms with Crippen LogP contribution < -0.4 is 11.1 Å². The van der Waals surface area contributed by atoms with Gasteiger partial charge in [0.05, 0.1) is 6.04 Å².